The van der Waals surface area contributed by atoms with Crippen molar-refractivity contribution in [3.63, 3.8) is 0 Å². The van der Waals surface area contributed by atoms with Crippen molar-refractivity contribution in [3.8, 4) is 0 Å². The molecule has 0 unspecified atom stereocenters. The van der Waals surface area contributed by atoms with Gasteiger partial charge in [-0.3, -0.25) is 0 Å². The molecule has 19 heavy (non-hydrogen) atoms. The van der Waals surface area contributed by atoms with E-state index in [9.17, 15) is 0 Å². The number of unbranched alkanes of at least 4 members (excludes halogenated alkanes) is 1. The maximum absolute atomic E-state index is 3.81. The van der Waals surface area contributed by atoms with Gasteiger partial charge < -0.3 is 5.32 Å². The van der Waals surface area contributed by atoms with E-state index < -0.39 is 0 Å². The van der Waals surface area contributed by atoms with Crippen molar-refractivity contribution < 1.29 is 0 Å². The van der Waals surface area contributed by atoms with Gasteiger partial charge in [-0.05, 0) is 54.6 Å². The Morgan fingerprint density at radius 2 is 1.84 bits per heavy atom. The van der Waals surface area contributed by atoms with Crippen LogP contribution in [0.2, 0.25) is 0 Å². The van der Waals surface area contributed by atoms with Crippen molar-refractivity contribution in [2.45, 2.75) is 44.6 Å². The Hall–Kier alpha value is -1.34. The van der Waals surface area contributed by atoms with Gasteiger partial charge in [0.05, 0.1) is 0 Å². The van der Waals surface area contributed by atoms with E-state index in [1.807, 2.05) is 0 Å². The van der Waals surface area contributed by atoms with Gasteiger partial charge in [0.2, 0.25) is 0 Å². The van der Waals surface area contributed by atoms with Crippen LogP contribution in [0.25, 0.3) is 10.8 Å². The molecule has 1 saturated carbocycles. The standard InChI is InChI=1S/C18H23N/c1-2-3-13-19-18(11-6-12-18)17-10-9-15-7-4-5-8-16(15)14-17/h4-5,7-10,14,19H,2-3,6,11-13H2,1H3. The van der Waals surface area contributed by atoms with Crippen LogP contribution >= 0.6 is 0 Å². The minimum absolute atomic E-state index is 0.263. The molecule has 0 atom stereocenters. The average Bonchev–Trinajstić information content (AvgIpc) is 2.41. The van der Waals surface area contributed by atoms with Crippen molar-refractivity contribution >= 4 is 10.8 Å². The molecule has 3 rings (SSSR count). The fourth-order valence-corrected chi connectivity index (χ4v) is 3.09. The Balaban J connectivity index is 1.88. The molecule has 1 aliphatic carbocycles. The summed E-state index contributed by atoms with van der Waals surface area (Å²) in [5.74, 6) is 0. The number of fused-ring (bicyclic) bond motifs is 1. The van der Waals surface area contributed by atoms with Crippen LogP contribution in [0, 0.1) is 0 Å². The van der Waals surface area contributed by atoms with Crippen LogP contribution in [0.3, 0.4) is 0 Å². The van der Waals surface area contributed by atoms with Gasteiger partial charge in [0.1, 0.15) is 0 Å². The third-order valence-corrected chi connectivity index (χ3v) is 4.50. The van der Waals surface area contributed by atoms with E-state index in [-0.39, 0.29) is 5.54 Å². The molecule has 0 bridgehead atoms. The zero-order valence-corrected chi connectivity index (χ0v) is 11.8. The van der Waals surface area contributed by atoms with Crippen LogP contribution < -0.4 is 5.32 Å². The van der Waals surface area contributed by atoms with Gasteiger partial charge in [0.25, 0.3) is 0 Å². The minimum atomic E-state index is 0.263. The highest BCUT2D eigenvalue weighted by molar-refractivity contribution is 5.83. The maximum atomic E-state index is 3.81. The second kappa shape index (κ2) is 5.34. The van der Waals surface area contributed by atoms with Crippen LogP contribution in [0.4, 0.5) is 0 Å². The summed E-state index contributed by atoms with van der Waals surface area (Å²) in [6.45, 7) is 3.40. The Bertz CT molecular complexity index is 554. The normalized spacial score (nSPS) is 17.3. The quantitative estimate of drug-likeness (QED) is 0.767. The van der Waals surface area contributed by atoms with E-state index in [2.05, 4.69) is 54.7 Å². The highest BCUT2D eigenvalue weighted by Gasteiger charge is 2.37. The van der Waals surface area contributed by atoms with E-state index in [1.54, 1.807) is 0 Å². The molecule has 2 aromatic carbocycles. The lowest BCUT2D eigenvalue weighted by Crippen LogP contribution is -2.48. The van der Waals surface area contributed by atoms with E-state index in [0.717, 1.165) is 6.54 Å². The monoisotopic (exact) mass is 253 g/mol. The van der Waals surface area contributed by atoms with Crippen LogP contribution in [0.1, 0.15) is 44.6 Å². The molecule has 1 N–H and O–H groups in total. The molecule has 2 aromatic rings. The Morgan fingerprint density at radius 3 is 2.53 bits per heavy atom. The number of hydrogen-bond donors (Lipinski definition) is 1. The first kappa shape index (κ1) is 12.7. The first-order valence-electron chi connectivity index (χ1n) is 7.58. The van der Waals surface area contributed by atoms with Crippen LogP contribution in [-0.2, 0) is 5.54 Å². The predicted molar refractivity (Wildman–Crippen MR) is 82.4 cm³/mol. The topological polar surface area (TPSA) is 12.0 Å². The molecule has 1 heteroatoms. The number of hydrogen-bond acceptors (Lipinski definition) is 1. The summed E-state index contributed by atoms with van der Waals surface area (Å²) in [5, 5.41) is 6.52. The molecule has 0 radical (unpaired) electrons. The van der Waals surface area contributed by atoms with Gasteiger partial charge in [-0.25, -0.2) is 0 Å². The van der Waals surface area contributed by atoms with Crippen molar-refractivity contribution in [3.05, 3.63) is 48.0 Å². The van der Waals surface area contributed by atoms with Crippen molar-refractivity contribution in [2.75, 3.05) is 6.54 Å². The van der Waals surface area contributed by atoms with Crippen molar-refractivity contribution in [2.24, 2.45) is 0 Å². The summed E-state index contributed by atoms with van der Waals surface area (Å²) in [6.07, 6.45) is 6.46. The van der Waals surface area contributed by atoms with Crippen molar-refractivity contribution in [1.82, 2.24) is 5.32 Å². The van der Waals surface area contributed by atoms with E-state index >= 15 is 0 Å². The van der Waals surface area contributed by atoms with Crippen LogP contribution in [0.5, 0.6) is 0 Å². The fourth-order valence-electron chi connectivity index (χ4n) is 3.09. The second-order valence-corrected chi connectivity index (χ2v) is 5.78. The molecule has 0 aliphatic heterocycles. The summed E-state index contributed by atoms with van der Waals surface area (Å²) < 4.78 is 0. The van der Waals surface area contributed by atoms with E-state index in [4.69, 9.17) is 0 Å². The van der Waals surface area contributed by atoms with Gasteiger partial charge >= 0.3 is 0 Å². The summed E-state index contributed by atoms with van der Waals surface area (Å²) in [4.78, 5) is 0. The average molecular weight is 253 g/mol. The summed E-state index contributed by atoms with van der Waals surface area (Å²) in [7, 11) is 0. The number of rotatable bonds is 5. The molecule has 0 amide bonds. The first-order valence-corrected chi connectivity index (χ1v) is 7.58. The lowest BCUT2D eigenvalue weighted by molar-refractivity contribution is 0.186. The van der Waals surface area contributed by atoms with Gasteiger partial charge in [-0.1, -0.05) is 49.7 Å². The first-order chi connectivity index (χ1) is 9.34. The lowest BCUT2D eigenvalue weighted by Gasteiger charge is -2.43. The number of benzene rings is 2. The second-order valence-electron chi connectivity index (χ2n) is 5.78. The van der Waals surface area contributed by atoms with E-state index in [0.29, 0.717) is 0 Å². The summed E-state index contributed by atoms with van der Waals surface area (Å²) >= 11 is 0. The van der Waals surface area contributed by atoms with Crippen molar-refractivity contribution in [1.29, 1.82) is 0 Å². The largest absolute Gasteiger partial charge is 0.307 e. The van der Waals surface area contributed by atoms with E-state index in [1.165, 1.54) is 48.4 Å². The zero-order chi connectivity index (χ0) is 13.1. The highest BCUT2D eigenvalue weighted by Crippen LogP contribution is 2.42. The summed E-state index contributed by atoms with van der Waals surface area (Å²) in [6, 6.07) is 15.6. The highest BCUT2D eigenvalue weighted by atomic mass is 15.0. The van der Waals surface area contributed by atoms with Gasteiger partial charge in [0, 0.05) is 5.54 Å². The Kier molecular flexibility index (Phi) is 3.56. The van der Waals surface area contributed by atoms with Gasteiger partial charge in [-0.2, -0.15) is 0 Å². The van der Waals surface area contributed by atoms with Gasteiger partial charge in [0.15, 0.2) is 0 Å². The third-order valence-electron chi connectivity index (χ3n) is 4.50. The predicted octanol–water partition coefficient (Wildman–Crippen LogP) is 4.61. The molecule has 0 aromatic heterocycles. The smallest absolute Gasteiger partial charge is 0.0434 e. The van der Waals surface area contributed by atoms with Crippen LogP contribution in [0.15, 0.2) is 42.5 Å². The Labute approximate surface area is 116 Å². The fraction of sp³-hybridized carbons (Fsp3) is 0.444. The zero-order valence-electron chi connectivity index (χ0n) is 11.8. The molecular formula is C18H23N. The molecular weight excluding hydrogens is 230 g/mol. The van der Waals surface area contributed by atoms with Crippen LogP contribution in [-0.4, -0.2) is 6.54 Å². The molecule has 0 spiro atoms. The molecule has 0 heterocycles. The molecule has 1 nitrogen and oxygen atoms in total. The maximum Gasteiger partial charge on any atom is 0.0434 e. The number of nitrogens with one attached hydrogen (secondary N) is 1. The lowest BCUT2D eigenvalue weighted by atomic mass is 9.71. The molecule has 1 aliphatic rings. The molecule has 100 valence electrons. The SMILES string of the molecule is CCCCNC1(c2ccc3ccccc3c2)CCC1. The molecule has 1 fully saturated rings. The third kappa shape index (κ3) is 2.40. The Morgan fingerprint density at radius 1 is 1.05 bits per heavy atom. The minimum Gasteiger partial charge on any atom is -0.307 e. The molecule has 0 saturated heterocycles. The summed E-state index contributed by atoms with van der Waals surface area (Å²) in [5.41, 5.74) is 1.74. The van der Waals surface area contributed by atoms with Gasteiger partial charge in [-0.15, -0.1) is 0 Å².